The molecule has 43 heavy (non-hydrogen) atoms. The monoisotopic (exact) mass is 600 g/mol. The summed E-state index contributed by atoms with van der Waals surface area (Å²) >= 11 is 1.88. The fourth-order valence-corrected chi connectivity index (χ4v) is 7.15. The quantitative estimate of drug-likeness (QED) is 0.214. The third-order valence-electron chi connectivity index (χ3n) is 7.72. The summed E-state index contributed by atoms with van der Waals surface area (Å²) in [6, 6.07) is 19.1. The van der Waals surface area contributed by atoms with Gasteiger partial charge in [-0.2, -0.15) is 0 Å². The highest BCUT2D eigenvalue weighted by Crippen LogP contribution is 2.44. The number of ether oxygens (including phenoxy) is 2. The Morgan fingerprint density at radius 1 is 0.953 bits per heavy atom. The van der Waals surface area contributed by atoms with Crippen LogP contribution in [0.15, 0.2) is 66.9 Å². The first kappa shape index (κ1) is 30.2. The molecule has 0 saturated heterocycles. The Balaban J connectivity index is 0.00000180. The van der Waals surface area contributed by atoms with Crippen LogP contribution in [0.5, 0.6) is 5.75 Å². The molecule has 3 heterocycles. The summed E-state index contributed by atoms with van der Waals surface area (Å²) in [4.78, 5) is 29.2. The van der Waals surface area contributed by atoms with Crippen molar-refractivity contribution in [3.8, 4) is 10.8 Å². The van der Waals surface area contributed by atoms with Crippen molar-refractivity contribution in [2.24, 2.45) is 0 Å². The Bertz CT molecular complexity index is 1540. The van der Waals surface area contributed by atoms with E-state index in [0.717, 1.165) is 29.8 Å². The predicted molar refractivity (Wildman–Crippen MR) is 173 cm³/mol. The Hall–Kier alpha value is -4.24. The summed E-state index contributed by atoms with van der Waals surface area (Å²) in [5.74, 6) is 0.111. The van der Waals surface area contributed by atoms with E-state index >= 15 is 0 Å². The molecular formula is C34H40N4O4S. The average Bonchev–Trinajstić information content (AvgIpc) is 3.64. The number of carbonyl (C=O) groups excluding carboxylic acids is 2. The molecule has 2 amide bonds. The maximum Gasteiger partial charge on any atom is 0.344 e. The van der Waals surface area contributed by atoms with E-state index < -0.39 is 5.97 Å². The molecular weight excluding hydrogens is 560 g/mol. The lowest BCUT2D eigenvalue weighted by Crippen LogP contribution is -2.38. The predicted octanol–water partition coefficient (Wildman–Crippen LogP) is 7.56. The zero-order valence-electron chi connectivity index (χ0n) is 25.3. The zero-order chi connectivity index (χ0) is 30.3. The van der Waals surface area contributed by atoms with Crippen LogP contribution in [0.1, 0.15) is 66.9 Å². The summed E-state index contributed by atoms with van der Waals surface area (Å²) in [6.45, 7) is 6.43. The van der Waals surface area contributed by atoms with Crippen LogP contribution < -0.4 is 15.4 Å². The number of anilines is 2. The van der Waals surface area contributed by atoms with Crippen molar-refractivity contribution in [2.75, 3.05) is 30.9 Å². The maximum atomic E-state index is 14.1. The Kier molecular flexibility index (Phi) is 9.72. The Morgan fingerprint density at radius 3 is 2.40 bits per heavy atom. The van der Waals surface area contributed by atoms with Crippen molar-refractivity contribution in [2.45, 2.75) is 59.0 Å². The van der Waals surface area contributed by atoms with Gasteiger partial charge < -0.3 is 29.6 Å². The van der Waals surface area contributed by atoms with E-state index in [1.165, 1.54) is 33.8 Å². The standard InChI is InChI=1S/C32H34N4O4S.C2H6/c1-3-39-29(37)20-40-24-16-14-23(15-17-24)34-32(38)36-19-26-25-7-4-5-9-28(25)41-31(26)35-18-6-8-27(35)30(36)21-10-12-22(33-2)13-11-21;1-2/h6,8,10-18,30,33H,3-5,7,9,19-20H2,1-2H3,(H,34,38);1-2H3. The molecule has 8 nitrogen and oxygen atoms in total. The van der Waals surface area contributed by atoms with Gasteiger partial charge in [-0.3, -0.25) is 0 Å². The third kappa shape index (κ3) is 6.41. The van der Waals surface area contributed by atoms with Crippen molar-refractivity contribution in [1.82, 2.24) is 9.47 Å². The fourth-order valence-electron chi connectivity index (χ4n) is 5.74. The SMILES string of the molecule is CC.CCOC(=O)COc1ccc(NC(=O)N2Cc3c(sc4c3CCCC4)-n3cccc3C2c2ccc(NC)cc2)cc1. The zero-order valence-corrected chi connectivity index (χ0v) is 26.1. The van der Waals surface area contributed by atoms with Crippen LogP contribution in [0.2, 0.25) is 0 Å². The van der Waals surface area contributed by atoms with Gasteiger partial charge in [-0.15, -0.1) is 11.3 Å². The fraction of sp³-hybridized carbons (Fsp3) is 0.353. The number of amides is 2. The number of aromatic nitrogens is 1. The van der Waals surface area contributed by atoms with Gasteiger partial charge in [0.25, 0.3) is 0 Å². The van der Waals surface area contributed by atoms with E-state index in [4.69, 9.17) is 9.47 Å². The van der Waals surface area contributed by atoms with Crippen molar-refractivity contribution in [1.29, 1.82) is 0 Å². The van der Waals surface area contributed by atoms with E-state index in [9.17, 15) is 9.59 Å². The molecule has 2 aliphatic rings. The lowest BCUT2D eigenvalue weighted by Gasteiger charge is -2.31. The minimum atomic E-state index is -0.417. The van der Waals surface area contributed by atoms with E-state index in [0.29, 0.717) is 24.6 Å². The van der Waals surface area contributed by atoms with E-state index in [1.807, 2.05) is 37.1 Å². The number of nitrogens with one attached hydrogen (secondary N) is 2. The molecule has 0 saturated carbocycles. The number of carbonyl (C=O) groups is 2. The summed E-state index contributed by atoms with van der Waals surface area (Å²) in [6.07, 6.45) is 6.69. The average molecular weight is 601 g/mol. The number of fused-ring (bicyclic) bond motifs is 5. The molecule has 2 N–H and O–H groups in total. The summed E-state index contributed by atoms with van der Waals surface area (Å²) in [5, 5.41) is 7.54. The van der Waals surface area contributed by atoms with Crippen LogP contribution >= 0.6 is 11.3 Å². The smallest absolute Gasteiger partial charge is 0.344 e. The Labute approximate surface area is 257 Å². The summed E-state index contributed by atoms with van der Waals surface area (Å²) in [7, 11) is 1.90. The number of urea groups is 1. The number of hydrogen-bond acceptors (Lipinski definition) is 6. The van der Waals surface area contributed by atoms with Crippen LogP contribution in [-0.4, -0.2) is 41.7 Å². The molecule has 0 bridgehead atoms. The summed E-state index contributed by atoms with van der Waals surface area (Å²) in [5.41, 5.74) is 6.46. The molecule has 0 spiro atoms. The van der Waals surface area contributed by atoms with Crippen LogP contribution in [0.3, 0.4) is 0 Å². The third-order valence-corrected chi connectivity index (χ3v) is 9.06. The highest BCUT2D eigenvalue weighted by Gasteiger charge is 2.36. The number of hydrogen-bond donors (Lipinski definition) is 2. The van der Waals surface area contributed by atoms with Crippen molar-refractivity contribution < 1.29 is 19.1 Å². The molecule has 6 rings (SSSR count). The van der Waals surface area contributed by atoms with Crippen LogP contribution in [0.25, 0.3) is 5.00 Å². The number of esters is 1. The molecule has 2 aromatic carbocycles. The second-order valence-corrected chi connectivity index (χ2v) is 11.3. The molecule has 1 aliphatic heterocycles. The van der Waals surface area contributed by atoms with Crippen molar-refractivity contribution in [3.63, 3.8) is 0 Å². The van der Waals surface area contributed by atoms with Crippen LogP contribution in [-0.2, 0) is 28.9 Å². The maximum absolute atomic E-state index is 14.1. The van der Waals surface area contributed by atoms with Gasteiger partial charge in [-0.05, 0) is 92.3 Å². The second kappa shape index (κ2) is 13.8. The highest BCUT2D eigenvalue weighted by molar-refractivity contribution is 7.15. The second-order valence-electron chi connectivity index (χ2n) is 10.2. The van der Waals surface area contributed by atoms with Crippen molar-refractivity contribution >= 4 is 34.7 Å². The van der Waals surface area contributed by atoms with E-state index in [2.05, 4.69) is 57.8 Å². The molecule has 4 aromatic rings. The van der Waals surface area contributed by atoms with Crippen LogP contribution in [0.4, 0.5) is 16.2 Å². The van der Waals surface area contributed by atoms with Crippen molar-refractivity contribution in [3.05, 3.63) is 94.1 Å². The van der Waals surface area contributed by atoms with Gasteiger partial charge in [0.15, 0.2) is 6.61 Å². The van der Waals surface area contributed by atoms with Gasteiger partial charge in [0.1, 0.15) is 10.8 Å². The molecule has 226 valence electrons. The number of nitrogens with zero attached hydrogens (tertiary/aromatic N) is 2. The highest BCUT2D eigenvalue weighted by atomic mass is 32.1. The number of rotatable bonds is 7. The lowest BCUT2D eigenvalue weighted by molar-refractivity contribution is -0.145. The largest absolute Gasteiger partial charge is 0.482 e. The van der Waals surface area contributed by atoms with Crippen LogP contribution in [0, 0.1) is 0 Å². The van der Waals surface area contributed by atoms with Gasteiger partial charge in [-0.25, -0.2) is 9.59 Å². The number of thiophene rings is 1. The molecule has 1 unspecified atom stereocenters. The van der Waals surface area contributed by atoms with E-state index in [-0.39, 0.29) is 18.7 Å². The minimum absolute atomic E-state index is 0.158. The molecule has 1 atom stereocenters. The molecule has 0 fully saturated rings. The molecule has 0 radical (unpaired) electrons. The van der Waals surface area contributed by atoms with Gasteiger partial charge in [-0.1, -0.05) is 26.0 Å². The lowest BCUT2D eigenvalue weighted by atomic mass is 9.95. The number of benzene rings is 2. The molecule has 9 heteroatoms. The Morgan fingerprint density at radius 2 is 1.67 bits per heavy atom. The first-order chi connectivity index (χ1) is 21.1. The first-order valence-electron chi connectivity index (χ1n) is 15.1. The molecule has 2 aromatic heterocycles. The van der Waals surface area contributed by atoms with Gasteiger partial charge in [0, 0.05) is 35.1 Å². The van der Waals surface area contributed by atoms with Gasteiger partial charge in [0.2, 0.25) is 0 Å². The molecule has 1 aliphatic carbocycles. The minimum Gasteiger partial charge on any atom is -0.482 e. The summed E-state index contributed by atoms with van der Waals surface area (Å²) < 4.78 is 12.7. The first-order valence-corrected chi connectivity index (χ1v) is 15.9. The number of aryl methyl sites for hydroxylation is 1. The topological polar surface area (TPSA) is 84.8 Å². The normalized spacial score (nSPS) is 15.1. The van der Waals surface area contributed by atoms with Gasteiger partial charge in [0.05, 0.1) is 24.9 Å². The van der Waals surface area contributed by atoms with E-state index in [1.54, 1.807) is 31.2 Å². The van der Waals surface area contributed by atoms with Gasteiger partial charge >= 0.3 is 12.0 Å².